The summed E-state index contributed by atoms with van der Waals surface area (Å²) >= 11 is 0. The van der Waals surface area contributed by atoms with Crippen molar-refractivity contribution in [2.75, 3.05) is 34.9 Å². The molecule has 0 radical (unpaired) electrons. The van der Waals surface area contributed by atoms with Crippen molar-refractivity contribution in [2.24, 2.45) is 28.6 Å². The molecule has 0 aromatic heterocycles. The van der Waals surface area contributed by atoms with Crippen LogP contribution in [0.4, 0.5) is 0 Å². The molecule has 4 aliphatic rings. The summed E-state index contributed by atoms with van der Waals surface area (Å²) in [4.78, 5) is 26.1. The third kappa shape index (κ3) is 3.34. The maximum absolute atomic E-state index is 13.2. The van der Waals surface area contributed by atoms with Gasteiger partial charge in [0.15, 0.2) is 11.9 Å². The van der Waals surface area contributed by atoms with Crippen molar-refractivity contribution >= 4 is 11.8 Å². The van der Waals surface area contributed by atoms with Gasteiger partial charge < -0.3 is 38.6 Å². The van der Waals surface area contributed by atoms with E-state index in [4.69, 9.17) is 28.4 Å². The second-order valence-corrected chi connectivity index (χ2v) is 10.8. The first-order valence-electron chi connectivity index (χ1n) is 12.0. The molecular weight excluding hydrogens is 460 g/mol. The Morgan fingerprint density at radius 2 is 1.69 bits per heavy atom. The molecular formula is C25H38O10. The van der Waals surface area contributed by atoms with Gasteiger partial charge in [-0.05, 0) is 25.3 Å². The highest BCUT2D eigenvalue weighted by Crippen LogP contribution is 2.70. The van der Waals surface area contributed by atoms with Gasteiger partial charge in [-0.2, -0.15) is 0 Å². The van der Waals surface area contributed by atoms with Crippen LogP contribution in [0.3, 0.4) is 0 Å². The molecule has 0 aromatic carbocycles. The number of esters is 1. The van der Waals surface area contributed by atoms with Crippen LogP contribution in [0.5, 0.6) is 0 Å². The lowest BCUT2D eigenvalue weighted by molar-refractivity contribution is -0.371. The van der Waals surface area contributed by atoms with Crippen LogP contribution < -0.4 is 0 Å². The molecule has 10 heteroatoms. The lowest BCUT2D eigenvalue weighted by Crippen LogP contribution is -2.83. The summed E-state index contributed by atoms with van der Waals surface area (Å²) in [7, 11) is 4.48. The van der Waals surface area contributed by atoms with Crippen LogP contribution in [0.15, 0.2) is 11.6 Å². The Kier molecular flexibility index (Phi) is 6.98. The molecule has 35 heavy (non-hydrogen) atoms. The Labute approximate surface area is 205 Å². The normalized spacial score (nSPS) is 49.1. The van der Waals surface area contributed by atoms with Crippen molar-refractivity contribution in [1.29, 1.82) is 0 Å². The number of aliphatic hydroxyl groups is 2. The van der Waals surface area contributed by atoms with Crippen molar-refractivity contribution in [3.63, 3.8) is 0 Å². The molecule has 0 spiro atoms. The molecule has 0 aromatic rings. The van der Waals surface area contributed by atoms with E-state index >= 15 is 0 Å². The number of aliphatic hydroxyl groups excluding tert-OH is 1. The minimum absolute atomic E-state index is 0.0661. The van der Waals surface area contributed by atoms with Gasteiger partial charge in [-0.15, -0.1) is 0 Å². The number of hydrogen-bond acceptors (Lipinski definition) is 10. The molecule has 198 valence electrons. The number of fused-ring (bicyclic) bond motifs is 2. The van der Waals surface area contributed by atoms with Gasteiger partial charge >= 0.3 is 5.97 Å². The van der Waals surface area contributed by atoms with Crippen LogP contribution in [0, 0.1) is 28.6 Å². The molecule has 0 amide bonds. The predicted molar refractivity (Wildman–Crippen MR) is 121 cm³/mol. The molecule has 2 N–H and O–H groups in total. The third-order valence-corrected chi connectivity index (χ3v) is 9.52. The fourth-order valence-corrected chi connectivity index (χ4v) is 8.11. The summed E-state index contributed by atoms with van der Waals surface area (Å²) in [6, 6.07) is 0. The molecule has 1 aliphatic heterocycles. The van der Waals surface area contributed by atoms with Crippen molar-refractivity contribution in [3.05, 3.63) is 11.6 Å². The first-order valence-corrected chi connectivity index (χ1v) is 12.0. The van der Waals surface area contributed by atoms with E-state index in [2.05, 4.69) is 0 Å². The number of carbonyl (C=O) groups excluding carboxylic acids is 2. The SMILES string of the molecule is COCO[C@H]1[C@H](OCOC)[C@H](C)[C@]2(O)[C@@H](O)C(=O)O[C@@H]3C[C@H]4C(C)=CC(=O)[C@@H](OC)[C@]4(C)[C@@H]1[C@@]32C. The first kappa shape index (κ1) is 26.7. The lowest BCUT2D eigenvalue weighted by atomic mass is 9.36. The summed E-state index contributed by atoms with van der Waals surface area (Å²) in [6.45, 7) is 7.22. The summed E-state index contributed by atoms with van der Waals surface area (Å²) in [5.74, 6) is -2.67. The fourth-order valence-electron chi connectivity index (χ4n) is 8.11. The van der Waals surface area contributed by atoms with Gasteiger partial charge in [0.25, 0.3) is 0 Å². The van der Waals surface area contributed by atoms with Crippen LogP contribution in [0.1, 0.15) is 34.1 Å². The van der Waals surface area contributed by atoms with Crippen molar-refractivity contribution in [1.82, 2.24) is 0 Å². The van der Waals surface area contributed by atoms with Crippen molar-refractivity contribution < 1.29 is 48.2 Å². The number of carbonyl (C=O) groups is 2. The van der Waals surface area contributed by atoms with E-state index in [-0.39, 0.29) is 25.3 Å². The number of ketones is 1. The minimum Gasteiger partial charge on any atom is -0.460 e. The molecule has 0 bridgehead atoms. The van der Waals surface area contributed by atoms with Gasteiger partial charge in [0, 0.05) is 44.0 Å². The molecule has 4 rings (SSSR count). The minimum atomic E-state index is -1.94. The number of ether oxygens (including phenoxy) is 6. The monoisotopic (exact) mass is 498 g/mol. The van der Waals surface area contributed by atoms with E-state index in [1.807, 2.05) is 20.8 Å². The van der Waals surface area contributed by atoms with Crippen LogP contribution >= 0.6 is 0 Å². The van der Waals surface area contributed by atoms with E-state index in [9.17, 15) is 19.8 Å². The average Bonchev–Trinajstić information content (AvgIpc) is 2.80. The maximum atomic E-state index is 13.2. The van der Waals surface area contributed by atoms with Gasteiger partial charge in [0.1, 0.15) is 31.4 Å². The highest BCUT2D eigenvalue weighted by molar-refractivity contribution is 5.96. The van der Waals surface area contributed by atoms with Gasteiger partial charge in [0.2, 0.25) is 0 Å². The molecule has 0 unspecified atom stereocenters. The van der Waals surface area contributed by atoms with Crippen LogP contribution in [-0.4, -0.2) is 93.0 Å². The predicted octanol–water partition coefficient (Wildman–Crippen LogP) is 0.824. The molecule has 1 saturated heterocycles. The quantitative estimate of drug-likeness (QED) is 0.384. The van der Waals surface area contributed by atoms with Crippen molar-refractivity contribution in [3.8, 4) is 0 Å². The molecule has 11 atom stereocenters. The van der Waals surface area contributed by atoms with Gasteiger partial charge in [0.05, 0.1) is 12.2 Å². The lowest BCUT2D eigenvalue weighted by Gasteiger charge is -2.72. The highest BCUT2D eigenvalue weighted by Gasteiger charge is 2.80. The van der Waals surface area contributed by atoms with Gasteiger partial charge in [-0.3, -0.25) is 4.79 Å². The molecule has 3 fully saturated rings. The second-order valence-electron chi connectivity index (χ2n) is 10.8. The highest BCUT2D eigenvalue weighted by atomic mass is 16.7. The maximum Gasteiger partial charge on any atom is 0.338 e. The summed E-state index contributed by atoms with van der Waals surface area (Å²) in [5, 5.41) is 23.5. The zero-order valence-electron chi connectivity index (χ0n) is 21.5. The Bertz CT molecular complexity index is 889. The Morgan fingerprint density at radius 1 is 1.09 bits per heavy atom. The average molecular weight is 499 g/mol. The number of methoxy groups -OCH3 is 3. The summed E-state index contributed by atoms with van der Waals surface area (Å²) in [5.41, 5.74) is -3.18. The number of rotatable bonds is 7. The van der Waals surface area contributed by atoms with Gasteiger partial charge in [-0.1, -0.05) is 26.3 Å². The van der Waals surface area contributed by atoms with E-state index in [1.54, 1.807) is 13.0 Å². The number of hydrogen-bond donors (Lipinski definition) is 2. The zero-order chi connectivity index (χ0) is 25.9. The number of allylic oxidation sites excluding steroid dienone is 1. The van der Waals surface area contributed by atoms with E-state index in [0.29, 0.717) is 6.42 Å². The van der Waals surface area contributed by atoms with E-state index in [1.165, 1.54) is 21.3 Å². The molecule has 1 heterocycles. The Balaban J connectivity index is 2.01. The van der Waals surface area contributed by atoms with E-state index in [0.717, 1.165) is 5.57 Å². The zero-order valence-corrected chi connectivity index (χ0v) is 21.5. The molecule has 3 aliphatic carbocycles. The smallest absolute Gasteiger partial charge is 0.338 e. The van der Waals surface area contributed by atoms with Crippen molar-refractivity contribution in [2.45, 2.75) is 70.2 Å². The third-order valence-electron chi connectivity index (χ3n) is 9.52. The summed E-state index contributed by atoms with van der Waals surface area (Å²) in [6.07, 6.45) is -2.94. The van der Waals surface area contributed by atoms with E-state index < -0.39 is 64.8 Å². The van der Waals surface area contributed by atoms with Crippen LogP contribution in [0.2, 0.25) is 0 Å². The first-order chi connectivity index (χ1) is 16.5. The largest absolute Gasteiger partial charge is 0.460 e. The fraction of sp³-hybridized carbons (Fsp3) is 0.840. The topological polar surface area (TPSA) is 130 Å². The molecule has 10 nitrogen and oxygen atoms in total. The Morgan fingerprint density at radius 3 is 2.26 bits per heavy atom. The summed E-state index contributed by atoms with van der Waals surface area (Å²) < 4.78 is 34.4. The van der Waals surface area contributed by atoms with Crippen LogP contribution in [-0.2, 0) is 38.0 Å². The molecule has 2 saturated carbocycles. The van der Waals surface area contributed by atoms with Gasteiger partial charge in [-0.25, -0.2) is 4.79 Å². The van der Waals surface area contributed by atoms with Crippen LogP contribution in [0.25, 0.3) is 0 Å². The Hall–Kier alpha value is -1.40. The standard InChI is InChI=1S/C25H38O10/c1-12-8-15(26)21(32-7)23(3)14(12)9-16-24(4)19(23)18(34-11-31-6)17(33-10-30-5)13(2)25(24,29)20(27)22(28)35-16/h8,13-14,16-21,27,29H,9-11H2,1-7H3/t13-,14-,16+,17+,18-,19+,20-,21+,23-,24+,25-/m0/s1. The second kappa shape index (κ2) is 9.16.